The largest absolute Gasteiger partial charge is 0.459 e. The highest BCUT2D eigenvalue weighted by Gasteiger charge is 2.57. The minimum Gasteiger partial charge on any atom is -0.459 e. The molecule has 0 bridgehead atoms. The number of nitrogen functional groups attached to an aromatic ring is 1. The van der Waals surface area contributed by atoms with Gasteiger partial charge in [-0.3, -0.25) is 9.59 Å². The Morgan fingerprint density at radius 3 is 2.32 bits per heavy atom. The number of anilines is 1. The molecule has 6 N–H and O–H groups in total. The van der Waals surface area contributed by atoms with Gasteiger partial charge in [-0.15, -0.1) is 11.8 Å². The third-order valence-corrected chi connectivity index (χ3v) is 8.31. The van der Waals surface area contributed by atoms with Crippen LogP contribution in [0.3, 0.4) is 0 Å². The summed E-state index contributed by atoms with van der Waals surface area (Å²) in [6.07, 6.45) is 0. The second-order valence-electron chi connectivity index (χ2n) is 10.6. The average Bonchev–Trinajstić information content (AvgIpc) is 3.24. The summed E-state index contributed by atoms with van der Waals surface area (Å²) in [5.41, 5.74) is 21.1. The van der Waals surface area contributed by atoms with E-state index in [4.69, 9.17) is 26.7 Å². The highest BCUT2D eigenvalue weighted by molar-refractivity contribution is 8.01. The number of thioether (sulfide) groups is 1. The summed E-state index contributed by atoms with van der Waals surface area (Å²) < 4.78 is 11.6. The van der Waals surface area contributed by atoms with Crippen LogP contribution in [0.2, 0.25) is 0 Å². The fourth-order valence-electron chi connectivity index (χ4n) is 5.30. The number of nitrogens with two attached hydrogens (primary N) is 3. The molecule has 8 heteroatoms. The average molecular weight is 518 g/mol. The number of para-hydroxylation sites is 1. The van der Waals surface area contributed by atoms with Crippen molar-refractivity contribution in [2.24, 2.45) is 11.5 Å². The molecule has 5 rings (SSSR count). The Bertz CT molecular complexity index is 1400. The normalized spacial score (nSPS) is 24.5. The molecule has 192 valence electrons. The van der Waals surface area contributed by atoms with Crippen LogP contribution in [-0.2, 0) is 19.9 Å². The van der Waals surface area contributed by atoms with Crippen molar-refractivity contribution in [3.05, 3.63) is 82.9 Å². The van der Waals surface area contributed by atoms with Crippen molar-refractivity contribution in [1.82, 2.24) is 0 Å². The first-order valence-electron chi connectivity index (χ1n) is 12.2. The Kier molecular flexibility index (Phi) is 6.09. The van der Waals surface area contributed by atoms with Gasteiger partial charge in [-0.25, -0.2) is 0 Å². The zero-order valence-corrected chi connectivity index (χ0v) is 22.1. The number of hydrogen-bond acceptors (Lipinski definition) is 8. The zero-order valence-electron chi connectivity index (χ0n) is 21.3. The Hall–Kier alpha value is -3.33. The standard InChI is InChI=1S/C29H31N3O4S/c1-15-14-17(35-16-8-6-5-7-9-16)10-11-18(15)29(32)19-12-13-20(30)24-21(19)22(23(31)26(29)33)25(37-24)27(34)36-28(2,3)4/h5-14,22-23,25H,30-32H2,1-4H3. The molecule has 1 aliphatic carbocycles. The number of Topliss-reactive ketones (excluding diaryl/α,β-unsaturated/α-hetero) is 1. The number of ketones is 1. The first kappa shape index (κ1) is 25.3. The first-order valence-corrected chi connectivity index (χ1v) is 13.0. The van der Waals surface area contributed by atoms with Crippen molar-refractivity contribution in [2.75, 3.05) is 5.73 Å². The van der Waals surface area contributed by atoms with Gasteiger partial charge in [0, 0.05) is 16.5 Å². The summed E-state index contributed by atoms with van der Waals surface area (Å²) in [7, 11) is 0. The minimum absolute atomic E-state index is 0.350. The Balaban J connectivity index is 1.59. The molecule has 1 aliphatic heterocycles. The van der Waals surface area contributed by atoms with E-state index in [0.29, 0.717) is 28.3 Å². The lowest BCUT2D eigenvalue weighted by molar-refractivity contribution is -0.154. The number of benzene rings is 3. The molecule has 0 fully saturated rings. The summed E-state index contributed by atoms with van der Waals surface area (Å²) in [4.78, 5) is 27.9. The SMILES string of the molecule is Cc1cc(Oc2ccccc2)ccc1C1(N)C(=O)C(N)C2c3c1ccc(N)c3SC2C(=O)OC(C)(C)C. The lowest BCUT2D eigenvalue weighted by atomic mass is 9.64. The maximum absolute atomic E-state index is 14.0. The molecule has 0 saturated heterocycles. The maximum atomic E-state index is 14.0. The fraction of sp³-hybridized carbons (Fsp3) is 0.310. The lowest BCUT2D eigenvalue weighted by Gasteiger charge is -2.42. The molecule has 3 aromatic carbocycles. The molecule has 0 spiro atoms. The fourth-order valence-corrected chi connectivity index (χ4v) is 6.73. The van der Waals surface area contributed by atoms with Gasteiger partial charge in [-0.1, -0.05) is 30.3 Å². The van der Waals surface area contributed by atoms with Crippen molar-refractivity contribution in [2.45, 2.75) is 60.9 Å². The van der Waals surface area contributed by atoms with Gasteiger partial charge in [0.25, 0.3) is 0 Å². The monoisotopic (exact) mass is 517 g/mol. The van der Waals surface area contributed by atoms with Gasteiger partial charge in [0.15, 0.2) is 5.78 Å². The molecule has 0 saturated carbocycles. The summed E-state index contributed by atoms with van der Waals surface area (Å²) in [5, 5.41) is -0.691. The molecule has 0 radical (unpaired) electrons. The zero-order chi connectivity index (χ0) is 26.7. The van der Waals surface area contributed by atoms with E-state index in [1.54, 1.807) is 18.2 Å². The number of aryl methyl sites for hydroxylation is 1. The van der Waals surface area contributed by atoms with Crippen LogP contribution in [0.25, 0.3) is 0 Å². The molecule has 4 atom stereocenters. The van der Waals surface area contributed by atoms with Gasteiger partial charge in [-0.2, -0.15) is 0 Å². The molecule has 7 nitrogen and oxygen atoms in total. The molecule has 37 heavy (non-hydrogen) atoms. The predicted octanol–water partition coefficient (Wildman–Crippen LogP) is 4.38. The van der Waals surface area contributed by atoms with E-state index >= 15 is 0 Å². The van der Waals surface area contributed by atoms with E-state index < -0.39 is 34.3 Å². The number of ether oxygens (including phenoxy) is 2. The Morgan fingerprint density at radius 1 is 1.00 bits per heavy atom. The highest BCUT2D eigenvalue weighted by Crippen LogP contribution is 2.57. The number of rotatable bonds is 4. The Morgan fingerprint density at radius 2 is 1.68 bits per heavy atom. The minimum atomic E-state index is -1.51. The second-order valence-corrected chi connectivity index (χ2v) is 11.8. The number of hydrogen-bond donors (Lipinski definition) is 3. The van der Waals surface area contributed by atoms with Crippen LogP contribution in [0.1, 0.15) is 48.9 Å². The van der Waals surface area contributed by atoms with Crippen LogP contribution in [0.5, 0.6) is 11.5 Å². The van der Waals surface area contributed by atoms with E-state index in [0.717, 1.165) is 16.0 Å². The predicted molar refractivity (Wildman–Crippen MR) is 145 cm³/mol. The van der Waals surface area contributed by atoms with Crippen molar-refractivity contribution >= 4 is 29.2 Å². The van der Waals surface area contributed by atoms with Crippen LogP contribution in [0.4, 0.5) is 5.69 Å². The van der Waals surface area contributed by atoms with Crippen molar-refractivity contribution < 1.29 is 19.1 Å². The van der Waals surface area contributed by atoms with Gasteiger partial charge in [0.1, 0.15) is 27.9 Å². The van der Waals surface area contributed by atoms with Crippen LogP contribution < -0.4 is 21.9 Å². The van der Waals surface area contributed by atoms with Crippen LogP contribution in [-0.4, -0.2) is 28.6 Å². The van der Waals surface area contributed by atoms with E-state index in [-0.39, 0.29) is 5.78 Å². The van der Waals surface area contributed by atoms with Crippen LogP contribution in [0.15, 0.2) is 65.6 Å². The summed E-state index contributed by atoms with van der Waals surface area (Å²) >= 11 is 1.30. The molecular formula is C29H31N3O4S. The summed E-state index contributed by atoms with van der Waals surface area (Å²) in [6, 6.07) is 17.4. The van der Waals surface area contributed by atoms with Crippen molar-refractivity contribution in [1.29, 1.82) is 0 Å². The van der Waals surface area contributed by atoms with E-state index in [1.807, 2.05) is 70.2 Å². The third kappa shape index (κ3) is 4.19. The summed E-state index contributed by atoms with van der Waals surface area (Å²) in [5.74, 6) is -0.0209. The number of carbonyl (C=O) groups is 2. The van der Waals surface area contributed by atoms with Gasteiger partial charge < -0.3 is 26.7 Å². The van der Waals surface area contributed by atoms with Crippen molar-refractivity contribution in [3.63, 3.8) is 0 Å². The van der Waals surface area contributed by atoms with E-state index in [9.17, 15) is 9.59 Å². The topological polar surface area (TPSA) is 131 Å². The quantitative estimate of drug-likeness (QED) is 0.343. The van der Waals surface area contributed by atoms with E-state index in [2.05, 4.69) is 0 Å². The molecule has 0 amide bonds. The number of carbonyl (C=O) groups excluding carboxylic acids is 2. The van der Waals surface area contributed by atoms with Gasteiger partial charge >= 0.3 is 5.97 Å². The third-order valence-electron chi connectivity index (χ3n) is 6.87. The molecular weight excluding hydrogens is 486 g/mol. The highest BCUT2D eigenvalue weighted by atomic mass is 32.2. The number of esters is 1. The van der Waals surface area contributed by atoms with Gasteiger partial charge in [0.2, 0.25) is 0 Å². The van der Waals surface area contributed by atoms with Gasteiger partial charge in [-0.05, 0) is 80.3 Å². The lowest BCUT2D eigenvalue weighted by Crippen LogP contribution is -2.60. The first-order chi connectivity index (χ1) is 17.4. The molecule has 0 aromatic heterocycles. The van der Waals surface area contributed by atoms with Crippen molar-refractivity contribution in [3.8, 4) is 11.5 Å². The maximum Gasteiger partial charge on any atom is 0.320 e. The van der Waals surface area contributed by atoms with Gasteiger partial charge in [0.05, 0.1) is 6.04 Å². The van der Waals surface area contributed by atoms with Crippen LogP contribution >= 0.6 is 11.8 Å². The molecule has 4 unspecified atom stereocenters. The molecule has 1 heterocycles. The van der Waals surface area contributed by atoms with E-state index in [1.165, 1.54) is 11.8 Å². The smallest absolute Gasteiger partial charge is 0.320 e. The Labute approximate surface area is 220 Å². The summed E-state index contributed by atoms with van der Waals surface area (Å²) in [6.45, 7) is 7.31. The second kappa shape index (κ2) is 8.90. The van der Waals surface area contributed by atoms with Crippen LogP contribution in [0, 0.1) is 6.92 Å². The molecule has 2 aliphatic rings. The molecule has 3 aromatic rings.